The summed E-state index contributed by atoms with van der Waals surface area (Å²) in [7, 11) is 0. The first-order chi connectivity index (χ1) is 5.79. The van der Waals surface area contributed by atoms with E-state index in [4.69, 9.17) is 0 Å². The quantitative estimate of drug-likeness (QED) is 0.580. The Kier molecular flexibility index (Phi) is 1.50. The zero-order valence-electron chi connectivity index (χ0n) is 6.74. The number of rotatable bonds is 1. The highest BCUT2D eigenvalue weighted by molar-refractivity contribution is 5.96. The maximum Gasteiger partial charge on any atom is 0.178 e. The summed E-state index contributed by atoms with van der Waals surface area (Å²) >= 11 is 0. The van der Waals surface area contributed by atoms with Crippen molar-refractivity contribution in [1.82, 2.24) is 9.97 Å². The lowest BCUT2D eigenvalue weighted by molar-refractivity contribution is 0.101. The fourth-order valence-corrected chi connectivity index (χ4v) is 1.34. The molecule has 0 saturated carbocycles. The van der Waals surface area contributed by atoms with Crippen LogP contribution in [-0.2, 0) is 6.42 Å². The van der Waals surface area contributed by atoms with Gasteiger partial charge in [-0.2, -0.15) is 0 Å². The molecule has 1 aromatic heterocycles. The highest BCUT2D eigenvalue weighted by Crippen LogP contribution is 2.19. The largest absolute Gasteiger partial charge is 0.293 e. The molecule has 0 amide bonds. The standard InChI is InChI=1S/C9H8N2O/c1-6(12)9-7-3-2-4-8(7)10-5-11-9/h2-3,5H,4H2,1H3. The first-order valence-corrected chi connectivity index (χ1v) is 3.80. The van der Waals surface area contributed by atoms with E-state index in [9.17, 15) is 4.79 Å². The predicted octanol–water partition coefficient (Wildman–Crippen LogP) is 1.25. The molecule has 0 radical (unpaired) electrons. The third kappa shape index (κ3) is 0.942. The van der Waals surface area contributed by atoms with Crippen LogP contribution in [0.3, 0.4) is 0 Å². The number of fused-ring (bicyclic) bond motifs is 1. The van der Waals surface area contributed by atoms with Crippen LogP contribution in [0.15, 0.2) is 12.4 Å². The third-order valence-corrected chi connectivity index (χ3v) is 1.90. The molecule has 1 aliphatic rings. The molecule has 60 valence electrons. The van der Waals surface area contributed by atoms with Crippen molar-refractivity contribution in [3.63, 3.8) is 0 Å². The summed E-state index contributed by atoms with van der Waals surface area (Å²) in [4.78, 5) is 19.1. The fraction of sp³-hybridized carbons (Fsp3) is 0.222. The summed E-state index contributed by atoms with van der Waals surface area (Å²) in [5, 5.41) is 0. The Bertz CT molecular complexity index is 369. The Morgan fingerprint density at radius 1 is 1.50 bits per heavy atom. The lowest BCUT2D eigenvalue weighted by atomic mass is 10.1. The van der Waals surface area contributed by atoms with Gasteiger partial charge >= 0.3 is 0 Å². The molecule has 0 fully saturated rings. The molecule has 0 spiro atoms. The normalized spacial score (nSPS) is 13.1. The average Bonchev–Trinajstić information content (AvgIpc) is 2.49. The molecule has 0 N–H and O–H groups in total. The van der Waals surface area contributed by atoms with Crippen LogP contribution in [0.25, 0.3) is 6.08 Å². The summed E-state index contributed by atoms with van der Waals surface area (Å²) in [5.41, 5.74) is 2.38. The highest BCUT2D eigenvalue weighted by atomic mass is 16.1. The molecule has 0 unspecified atom stereocenters. The van der Waals surface area contributed by atoms with Gasteiger partial charge < -0.3 is 0 Å². The van der Waals surface area contributed by atoms with Gasteiger partial charge in [0.2, 0.25) is 0 Å². The van der Waals surface area contributed by atoms with Crippen molar-refractivity contribution in [2.24, 2.45) is 0 Å². The molecule has 2 rings (SSSR count). The summed E-state index contributed by atoms with van der Waals surface area (Å²) in [6, 6.07) is 0. The lowest BCUT2D eigenvalue weighted by Crippen LogP contribution is -2.03. The SMILES string of the molecule is CC(=O)c1ncnc2c1C=CC2. The number of aromatic nitrogens is 2. The number of hydrogen-bond acceptors (Lipinski definition) is 3. The Morgan fingerprint density at radius 2 is 2.33 bits per heavy atom. The van der Waals surface area contributed by atoms with E-state index in [-0.39, 0.29) is 5.78 Å². The van der Waals surface area contributed by atoms with Gasteiger partial charge in [0.25, 0.3) is 0 Å². The highest BCUT2D eigenvalue weighted by Gasteiger charge is 2.14. The average molecular weight is 160 g/mol. The topological polar surface area (TPSA) is 42.9 Å². The molecule has 0 bridgehead atoms. The van der Waals surface area contributed by atoms with Crippen LogP contribution in [0.4, 0.5) is 0 Å². The Hall–Kier alpha value is -1.51. The number of nitrogens with zero attached hydrogens (tertiary/aromatic N) is 2. The van der Waals surface area contributed by atoms with Crippen molar-refractivity contribution in [3.8, 4) is 0 Å². The molecule has 3 nitrogen and oxygen atoms in total. The Balaban J connectivity index is 2.63. The van der Waals surface area contributed by atoms with E-state index in [1.54, 1.807) is 0 Å². The summed E-state index contributed by atoms with van der Waals surface area (Å²) < 4.78 is 0. The minimum atomic E-state index is 0.000185. The molecule has 0 aliphatic heterocycles. The molecular formula is C9H8N2O. The molecule has 3 heteroatoms. The second-order valence-corrected chi connectivity index (χ2v) is 2.75. The van der Waals surface area contributed by atoms with Gasteiger partial charge in [-0.1, -0.05) is 12.2 Å². The molecule has 1 heterocycles. The van der Waals surface area contributed by atoms with Crippen LogP contribution in [0.5, 0.6) is 0 Å². The van der Waals surface area contributed by atoms with Crippen LogP contribution in [0.1, 0.15) is 28.7 Å². The van der Waals surface area contributed by atoms with Gasteiger partial charge in [-0.3, -0.25) is 4.79 Å². The van der Waals surface area contributed by atoms with E-state index in [1.807, 2.05) is 12.2 Å². The summed E-state index contributed by atoms with van der Waals surface area (Å²) in [6.45, 7) is 1.52. The Morgan fingerprint density at radius 3 is 3.08 bits per heavy atom. The van der Waals surface area contributed by atoms with Crippen molar-refractivity contribution in [3.05, 3.63) is 29.4 Å². The minimum absolute atomic E-state index is 0.000185. The van der Waals surface area contributed by atoms with Gasteiger partial charge in [0.1, 0.15) is 12.0 Å². The third-order valence-electron chi connectivity index (χ3n) is 1.90. The van der Waals surface area contributed by atoms with Gasteiger partial charge in [-0.05, 0) is 0 Å². The first kappa shape index (κ1) is 7.16. The predicted molar refractivity (Wildman–Crippen MR) is 44.8 cm³/mol. The van der Waals surface area contributed by atoms with E-state index in [1.165, 1.54) is 13.3 Å². The van der Waals surface area contributed by atoms with E-state index in [2.05, 4.69) is 9.97 Å². The van der Waals surface area contributed by atoms with E-state index in [0.29, 0.717) is 5.69 Å². The van der Waals surface area contributed by atoms with Crippen LogP contribution in [-0.4, -0.2) is 15.8 Å². The molecule has 1 aromatic rings. The van der Waals surface area contributed by atoms with Crippen molar-refractivity contribution >= 4 is 11.9 Å². The minimum Gasteiger partial charge on any atom is -0.293 e. The van der Waals surface area contributed by atoms with Crippen LogP contribution < -0.4 is 0 Å². The fourth-order valence-electron chi connectivity index (χ4n) is 1.34. The summed E-state index contributed by atoms with van der Waals surface area (Å²) in [5.74, 6) is 0.000185. The molecular weight excluding hydrogens is 152 g/mol. The summed E-state index contributed by atoms with van der Waals surface area (Å²) in [6.07, 6.45) is 6.17. The molecule has 0 aromatic carbocycles. The van der Waals surface area contributed by atoms with Gasteiger partial charge in [0.15, 0.2) is 5.78 Å². The Labute approximate surface area is 70.2 Å². The number of Topliss-reactive ketones (excluding diaryl/α,β-unsaturated/α-hetero) is 1. The van der Waals surface area contributed by atoms with Crippen molar-refractivity contribution in [2.45, 2.75) is 13.3 Å². The number of carbonyl (C=O) groups excluding carboxylic acids is 1. The van der Waals surface area contributed by atoms with Crippen molar-refractivity contribution in [1.29, 1.82) is 0 Å². The van der Waals surface area contributed by atoms with Crippen LogP contribution in [0.2, 0.25) is 0 Å². The number of carbonyl (C=O) groups is 1. The molecule has 1 aliphatic carbocycles. The van der Waals surface area contributed by atoms with E-state index in [0.717, 1.165) is 17.7 Å². The number of hydrogen-bond donors (Lipinski definition) is 0. The maximum atomic E-state index is 11.1. The van der Waals surface area contributed by atoms with Crippen LogP contribution in [0, 0.1) is 0 Å². The van der Waals surface area contributed by atoms with Gasteiger partial charge in [-0.25, -0.2) is 9.97 Å². The molecule has 0 saturated heterocycles. The van der Waals surface area contributed by atoms with Crippen molar-refractivity contribution < 1.29 is 4.79 Å². The van der Waals surface area contributed by atoms with Crippen molar-refractivity contribution in [2.75, 3.05) is 0 Å². The second-order valence-electron chi connectivity index (χ2n) is 2.75. The zero-order chi connectivity index (χ0) is 8.55. The van der Waals surface area contributed by atoms with Gasteiger partial charge in [-0.15, -0.1) is 0 Å². The lowest BCUT2D eigenvalue weighted by Gasteiger charge is -2.00. The van der Waals surface area contributed by atoms with E-state index >= 15 is 0 Å². The second kappa shape index (κ2) is 2.52. The maximum absolute atomic E-state index is 11.1. The molecule has 12 heavy (non-hydrogen) atoms. The zero-order valence-corrected chi connectivity index (χ0v) is 6.74. The van der Waals surface area contributed by atoms with Gasteiger partial charge in [0, 0.05) is 18.9 Å². The first-order valence-electron chi connectivity index (χ1n) is 3.80. The van der Waals surface area contributed by atoms with Crippen LogP contribution >= 0.6 is 0 Å². The number of ketones is 1. The number of allylic oxidation sites excluding steroid dienone is 1. The monoisotopic (exact) mass is 160 g/mol. The molecule has 0 atom stereocenters. The smallest absolute Gasteiger partial charge is 0.178 e. The van der Waals surface area contributed by atoms with Gasteiger partial charge in [0.05, 0.1) is 5.69 Å². The van der Waals surface area contributed by atoms with E-state index < -0.39 is 0 Å².